The van der Waals surface area contributed by atoms with E-state index in [0.717, 1.165) is 0 Å². The van der Waals surface area contributed by atoms with Crippen LogP contribution < -0.4 is 11.2 Å². The van der Waals surface area contributed by atoms with Crippen molar-refractivity contribution in [2.75, 3.05) is 0 Å². The molecule has 2 heterocycles. The van der Waals surface area contributed by atoms with E-state index in [-0.39, 0.29) is 6.42 Å². The molecule has 2 N–H and O–H groups in total. The third kappa shape index (κ3) is 2.02. The van der Waals surface area contributed by atoms with Crippen LogP contribution in [-0.2, 0) is 4.74 Å². The van der Waals surface area contributed by atoms with Gasteiger partial charge in [0.15, 0.2) is 0 Å². The summed E-state index contributed by atoms with van der Waals surface area (Å²) in [7, 11) is 0. The number of hydrogen-bond acceptors (Lipinski definition) is 4. The SMILES string of the molecule is C#C[C@H]1O[C@@H](n2cc(C)c(=O)[nH]c2=O)C[C@@H]1O. The highest BCUT2D eigenvalue weighted by Gasteiger charge is 2.34. The van der Waals surface area contributed by atoms with Crippen LogP contribution in [0, 0.1) is 19.3 Å². The number of hydrogen-bond donors (Lipinski definition) is 2. The van der Waals surface area contributed by atoms with Crippen molar-refractivity contribution in [3.8, 4) is 12.3 Å². The molecular weight excluding hydrogens is 224 g/mol. The van der Waals surface area contributed by atoms with E-state index in [1.165, 1.54) is 10.8 Å². The van der Waals surface area contributed by atoms with Gasteiger partial charge in [0.05, 0.1) is 6.10 Å². The first kappa shape index (κ1) is 11.6. The van der Waals surface area contributed by atoms with Gasteiger partial charge >= 0.3 is 5.69 Å². The molecule has 6 heteroatoms. The van der Waals surface area contributed by atoms with E-state index in [1.54, 1.807) is 6.92 Å². The van der Waals surface area contributed by atoms with Crippen LogP contribution in [0.4, 0.5) is 0 Å². The van der Waals surface area contributed by atoms with Gasteiger partial charge in [-0.05, 0) is 6.92 Å². The minimum atomic E-state index is -0.802. The molecule has 6 nitrogen and oxygen atoms in total. The summed E-state index contributed by atoms with van der Waals surface area (Å²) in [5, 5.41) is 9.58. The third-order valence-corrected chi connectivity index (χ3v) is 2.72. The Kier molecular flexibility index (Phi) is 2.88. The second-order valence-corrected chi connectivity index (χ2v) is 3.96. The zero-order valence-electron chi connectivity index (χ0n) is 9.21. The van der Waals surface area contributed by atoms with Crippen LogP contribution in [-0.4, -0.2) is 26.9 Å². The molecule has 0 bridgehead atoms. The lowest BCUT2D eigenvalue weighted by Crippen LogP contribution is -2.33. The summed E-state index contributed by atoms with van der Waals surface area (Å²) in [6.07, 6.45) is 4.63. The number of aryl methyl sites for hydroxylation is 1. The zero-order valence-corrected chi connectivity index (χ0v) is 9.21. The molecule has 1 fully saturated rings. The number of terminal acetylenes is 1. The Bertz CT molecular complexity index is 580. The van der Waals surface area contributed by atoms with Crippen molar-refractivity contribution in [3.05, 3.63) is 32.6 Å². The van der Waals surface area contributed by atoms with E-state index in [1.807, 2.05) is 0 Å². The molecule has 1 aromatic heterocycles. The van der Waals surface area contributed by atoms with Gasteiger partial charge in [0.1, 0.15) is 12.3 Å². The largest absolute Gasteiger partial charge is 0.389 e. The first-order valence-electron chi connectivity index (χ1n) is 5.14. The van der Waals surface area contributed by atoms with Crippen LogP contribution >= 0.6 is 0 Å². The van der Waals surface area contributed by atoms with Crippen molar-refractivity contribution in [2.45, 2.75) is 31.8 Å². The molecule has 90 valence electrons. The number of rotatable bonds is 1. The molecule has 0 saturated carbocycles. The number of H-pyrrole nitrogens is 1. The van der Waals surface area contributed by atoms with Crippen molar-refractivity contribution in [2.24, 2.45) is 0 Å². The molecule has 0 unspecified atom stereocenters. The first-order chi connectivity index (χ1) is 8.02. The lowest BCUT2D eigenvalue weighted by molar-refractivity contribution is 0.00962. The average Bonchev–Trinajstić information content (AvgIpc) is 2.65. The highest BCUT2D eigenvalue weighted by Crippen LogP contribution is 2.26. The predicted octanol–water partition coefficient (Wildman–Crippen LogP) is -0.873. The normalized spacial score (nSPS) is 27.9. The van der Waals surface area contributed by atoms with Gasteiger partial charge < -0.3 is 9.84 Å². The fourth-order valence-corrected chi connectivity index (χ4v) is 1.78. The zero-order chi connectivity index (χ0) is 12.6. The Morgan fingerprint density at radius 3 is 2.94 bits per heavy atom. The van der Waals surface area contributed by atoms with E-state index < -0.39 is 29.7 Å². The monoisotopic (exact) mass is 236 g/mol. The maximum absolute atomic E-state index is 11.6. The summed E-state index contributed by atoms with van der Waals surface area (Å²) < 4.78 is 6.57. The van der Waals surface area contributed by atoms with Gasteiger partial charge in [-0.1, -0.05) is 5.92 Å². The minimum Gasteiger partial charge on any atom is -0.389 e. The van der Waals surface area contributed by atoms with Crippen LogP contribution in [0.3, 0.4) is 0 Å². The molecule has 2 rings (SSSR count). The number of aromatic nitrogens is 2. The Morgan fingerprint density at radius 2 is 2.35 bits per heavy atom. The van der Waals surface area contributed by atoms with Crippen LogP contribution in [0.1, 0.15) is 18.2 Å². The summed E-state index contributed by atoms with van der Waals surface area (Å²) in [5.41, 5.74) is -0.611. The molecule has 1 aromatic rings. The number of aromatic amines is 1. The van der Waals surface area contributed by atoms with Gasteiger partial charge in [0.25, 0.3) is 5.56 Å². The summed E-state index contributed by atoms with van der Waals surface area (Å²) >= 11 is 0. The maximum atomic E-state index is 11.6. The Morgan fingerprint density at radius 1 is 1.65 bits per heavy atom. The maximum Gasteiger partial charge on any atom is 0.330 e. The highest BCUT2D eigenvalue weighted by atomic mass is 16.5. The Labute approximate surface area is 96.9 Å². The highest BCUT2D eigenvalue weighted by molar-refractivity contribution is 5.05. The van der Waals surface area contributed by atoms with E-state index in [4.69, 9.17) is 11.2 Å². The van der Waals surface area contributed by atoms with E-state index in [9.17, 15) is 14.7 Å². The molecule has 3 atom stereocenters. The Balaban J connectivity index is 2.38. The lowest BCUT2D eigenvalue weighted by Gasteiger charge is -2.13. The van der Waals surface area contributed by atoms with Crippen molar-refractivity contribution >= 4 is 0 Å². The summed E-state index contributed by atoms with van der Waals surface area (Å²) in [5.74, 6) is 2.30. The van der Waals surface area contributed by atoms with E-state index in [0.29, 0.717) is 5.56 Å². The molecule has 0 spiro atoms. The van der Waals surface area contributed by atoms with E-state index >= 15 is 0 Å². The van der Waals surface area contributed by atoms with Crippen LogP contribution in [0.25, 0.3) is 0 Å². The number of ether oxygens (including phenoxy) is 1. The van der Waals surface area contributed by atoms with Crippen LogP contribution in [0.2, 0.25) is 0 Å². The van der Waals surface area contributed by atoms with Crippen molar-refractivity contribution in [1.29, 1.82) is 0 Å². The minimum absolute atomic E-state index is 0.222. The van der Waals surface area contributed by atoms with Gasteiger partial charge in [-0.3, -0.25) is 14.3 Å². The predicted molar refractivity (Wildman–Crippen MR) is 59.4 cm³/mol. The molecular formula is C11H12N2O4. The topological polar surface area (TPSA) is 84.3 Å². The molecule has 0 aliphatic carbocycles. The summed E-state index contributed by atoms with van der Waals surface area (Å²) in [6, 6.07) is 0. The average molecular weight is 236 g/mol. The van der Waals surface area contributed by atoms with E-state index in [2.05, 4.69) is 10.9 Å². The number of nitrogens with one attached hydrogen (secondary N) is 1. The molecule has 1 saturated heterocycles. The molecule has 1 aliphatic rings. The number of aliphatic hydroxyl groups is 1. The van der Waals surface area contributed by atoms with Gasteiger partial charge in [-0.25, -0.2) is 4.79 Å². The number of aliphatic hydroxyl groups excluding tert-OH is 1. The summed E-state index contributed by atoms with van der Waals surface area (Å²) in [4.78, 5) is 24.9. The van der Waals surface area contributed by atoms with Gasteiger partial charge in [0.2, 0.25) is 0 Å². The number of nitrogens with zero attached hydrogens (tertiary/aromatic N) is 1. The lowest BCUT2D eigenvalue weighted by atomic mass is 10.2. The van der Waals surface area contributed by atoms with Crippen LogP contribution in [0.5, 0.6) is 0 Å². The second kappa shape index (κ2) is 4.20. The first-order valence-corrected chi connectivity index (χ1v) is 5.14. The second-order valence-electron chi connectivity index (χ2n) is 3.96. The molecule has 0 aromatic carbocycles. The van der Waals surface area contributed by atoms with Gasteiger partial charge in [-0.2, -0.15) is 0 Å². The van der Waals surface area contributed by atoms with Crippen molar-refractivity contribution in [1.82, 2.24) is 9.55 Å². The molecule has 17 heavy (non-hydrogen) atoms. The third-order valence-electron chi connectivity index (χ3n) is 2.72. The van der Waals surface area contributed by atoms with Crippen LogP contribution in [0.15, 0.2) is 15.8 Å². The summed E-state index contributed by atoms with van der Waals surface area (Å²) in [6.45, 7) is 1.58. The quantitative estimate of drug-likeness (QED) is 0.620. The van der Waals surface area contributed by atoms with Gasteiger partial charge in [0, 0.05) is 18.2 Å². The Hall–Kier alpha value is -1.84. The smallest absolute Gasteiger partial charge is 0.330 e. The van der Waals surface area contributed by atoms with Crippen molar-refractivity contribution in [3.63, 3.8) is 0 Å². The molecule has 1 aliphatic heterocycles. The molecule has 0 amide bonds. The van der Waals surface area contributed by atoms with Gasteiger partial charge in [-0.15, -0.1) is 6.42 Å². The van der Waals surface area contributed by atoms with Crippen molar-refractivity contribution < 1.29 is 9.84 Å². The fraction of sp³-hybridized carbons (Fsp3) is 0.455. The standard InChI is InChI=1S/C11H12N2O4/c1-3-8-7(14)4-9(17-8)13-5-6(2)10(15)12-11(13)16/h1,5,7-9,14H,4H2,2H3,(H,12,15,16)/t7-,8+,9+/m0/s1. The molecule has 0 radical (unpaired) electrons. The fourth-order valence-electron chi connectivity index (χ4n) is 1.78.